The third-order valence-corrected chi connectivity index (χ3v) is 7.71. The quantitative estimate of drug-likeness (QED) is 0.0913. The van der Waals surface area contributed by atoms with E-state index < -0.39 is 0 Å². The number of halogens is 1. The molecule has 2 amide bonds. The molecule has 0 saturated heterocycles. The number of thiazole rings is 1. The van der Waals surface area contributed by atoms with Crippen LogP contribution in [0.4, 0.5) is 16.5 Å². The molecule has 9 nitrogen and oxygen atoms in total. The minimum atomic E-state index is -0.355. The zero-order valence-corrected chi connectivity index (χ0v) is 26.9. The summed E-state index contributed by atoms with van der Waals surface area (Å²) < 4.78 is 12.1. The van der Waals surface area contributed by atoms with E-state index >= 15 is 0 Å². The molecule has 0 unspecified atom stereocenters. The van der Waals surface area contributed by atoms with E-state index in [0.29, 0.717) is 39.4 Å². The number of aryl methyl sites for hydroxylation is 1. The maximum atomic E-state index is 12.7. The Balaban J connectivity index is 1.17. The molecule has 228 valence electrons. The Morgan fingerprint density at radius 1 is 0.956 bits per heavy atom. The van der Waals surface area contributed by atoms with Gasteiger partial charge in [-0.2, -0.15) is 5.10 Å². The van der Waals surface area contributed by atoms with Gasteiger partial charge in [0.05, 0.1) is 23.0 Å². The van der Waals surface area contributed by atoms with E-state index in [1.165, 1.54) is 23.1 Å². The van der Waals surface area contributed by atoms with Crippen molar-refractivity contribution in [2.24, 2.45) is 5.10 Å². The molecule has 0 spiro atoms. The lowest BCUT2D eigenvalue weighted by molar-refractivity contribution is -0.118. The molecular weight excluding hydrogens is 654 g/mol. The average molecular weight is 685 g/mol. The number of ether oxygens (including phenoxy) is 2. The number of benzene rings is 4. The second-order valence-electron chi connectivity index (χ2n) is 9.77. The van der Waals surface area contributed by atoms with Crippen molar-refractivity contribution >= 4 is 61.8 Å². The molecule has 3 N–H and O–H groups in total. The van der Waals surface area contributed by atoms with Gasteiger partial charge >= 0.3 is 0 Å². The van der Waals surface area contributed by atoms with Crippen LogP contribution in [0, 0.1) is 6.92 Å². The third kappa shape index (κ3) is 8.78. The maximum absolute atomic E-state index is 12.7. The van der Waals surface area contributed by atoms with Gasteiger partial charge in [0.1, 0.15) is 0 Å². The van der Waals surface area contributed by atoms with Gasteiger partial charge in [-0.15, -0.1) is 11.3 Å². The van der Waals surface area contributed by atoms with Gasteiger partial charge in [0, 0.05) is 27.9 Å². The number of amides is 2. The first kappa shape index (κ1) is 31.4. The highest BCUT2D eigenvalue weighted by Crippen LogP contribution is 2.36. The fourth-order valence-electron chi connectivity index (χ4n) is 4.17. The summed E-state index contributed by atoms with van der Waals surface area (Å²) in [5.41, 5.74) is 8.24. The molecule has 0 bridgehead atoms. The van der Waals surface area contributed by atoms with Crippen molar-refractivity contribution in [2.75, 3.05) is 23.8 Å². The fraction of sp³-hybridized carbons (Fsp3) is 0.118. The van der Waals surface area contributed by atoms with Crippen molar-refractivity contribution in [3.8, 4) is 22.8 Å². The minimum absolute atomic E-state index is 0.205. The Bertz CT molecular complexity index is 1790. The maximum Gasteiger partial charge on any atom is 0.271 e. The van der Waals surface area contributed by atoms with Crippen LogP contribution in [-0.2, 0) is 4.79 Å². The first-order valence-corrected chi connectivity index (χ1v) is 15.7. The Labute approximate surface area is 273 Å². The van der Waals surface area contributed by atoms with Crippen molar-refractivity contribution in [3.63, 3.8) is 0 Å². The number of nitrogens with zero attached hydrogens (tertiary/aromatic N) is 2. The van der Waals surface area contributed by atoms with E-state index in [-0.39, 0.29) is 18.4 Å². The first-order chi connectivity index (χ1) is 21.9. The van der Waals surface area contributed by atoms with Gasteiger partial charge in [0.15, 0.2) is 23.2 Å². The van der Waals surface area contributed by atoms with Crippen molar-refractivity contribution in [1.82, 2.24) is 10.4 Å². The number of hydrogen-bond donors (Lipinski definition) is 3. The highest BCUT2D eigenvalue weighted by molar-refractivity contribution is 9.10. The smallest absolute Gasteiger partial charge is 0.271 e. The number of nitrogens with one attached hydrogen (secondary N) is 3. The molecule has 0 radical (unpaired) electrons. The van der Waals surface area contributed by atoms with E-state index in [0.717, 1.165) is 22.1 Å². The molecule has 0 fully saturated rings. The van der Waals surface area contributed by atoms with Crippen LogP contribution in [0.25, 0.3) is 11.3 Å². The van der Waals surface area contributed by atoms with Crippen LogP contribution in [0.15, 0.2) is 106 Å². The lowest BCUT2D eigenvalue weighted by Gasteiger charge is -2.14. The van der Waals surface area contributed by atoms with E-state index in [9.17, 15) is 9.59 Å². The molecule has 0 saturated carbocycles. The van der Waals surface area contributed by atoms with Crippen molar-refractivity contribution in [1.29, 1.82) is 0 Å². The number of para-hydroxylation sites is 1. The molecule has 0 aliphatic rings. The van der Waals surface area contributed by atoms with Crippen LogP contribution in [-0.4, -0.2) is 36.2 Å². The van der Waals surface area contributed by atoms with Gasteiger partial charge in [0.2, 0.25) is 0 Å². The molecule has 11 heteroatoms. The number of aromatic nitrogens is 1. The zero-order chi connectivity index (χ0) is 31.6. The summed E-state index contributed by atoms with van der Waals surface area (Å²) >= 11 is 5.01. The summed E-state index contributed by atoms with van der Waals surface area (Å²) in [6, 6.07) is 27.9. The first-order valence-electron chi connectivity index (χ1n) is 14.0. The van der Waals surface area contributed by atoms with Crippen molar-refractivity contribution in [3.05, 3.63) is 118 Å². The van der Waals surface area contributed by atoms with E-state index in [2.05, 4.69) is 42.1 Å². The second-order valence-corrected chi connectivity index (χ2v) is 11.5. The number of anilines is 3. The van der Waals surface area contributed by atoms with Gasteiger partial charge in [-0.3, -0.25) is 9.59 Å². The Kier molecular flexibility index (Phi) is 10.6. The number of rotatable bonds is 12. The van der Waals surface area contributed by atoms with Gasteiger partial charge in [-0.05, 0) is 83.9 Å². The zero-order valence-electron chi connectivity index (χ0n) is 24.5. The topological polar surface area (TPSA) is 114 Å². The molecule has 0 aliphatic heterocycles. The van der Waals surface area contributed by atoms with Crippen LogP contribution >= 0.6 is 27.3 Å². The standard InChI is InChI=1S/C34H30BrN5O4S/c1-3-43-30-18-23(17-28(35)32(30)44-20-31(41)37-26-7-5-4-6-8-26)19-36-40-33(42)25-13-11-24(12-14-25)29-21-45-34(39-29)38-27-15-9-22(2)10-16-27/h4-19,21H,3,20H2,1-2H3,(H,37,41)(H,38,39)(H,40,42)/b36-19+. The predicted molar refractivity (Wildman–Crippen MR) is 183 cm³/mol. The molecule has 45 heavy (non-hydrogen) atoms. The van der Waals surface area contributed by atoms with Gasteiger partial charge in [-0.25, -0.2) is 10.4 Å². The predicted octanol–water partition coefficient (Wildman–Crippen LogP) is 7.80. The third-order valence-electron chi connectivity index (χ3n) is 6.37. The summed E-state index contributed by atoms with van der Waals surface area (Å²) in [4.78, 5) is 29.8. The van der Waals surface area contributed by atoms with Gasteiger partial charge in [0.25, 0.3) is 11.8 Å². The lowest BCUT2D eigenvalue weighted by atomic mass is 10.1. The minimum Gasteiger partial charge on any atom is -0.490 e. The van der Waals surface area contributed by atoms with Gasteiger partial charge in [-0.1, -0.05) is 48.0 Å². The number of carbonyl (C=O) groups is 2. The largest absolute Gasteiger partial charge is 0.490 e. The molecular formula is C34H30BrN5O4S. The van der Waals surface area contributed by atoms with Crippen LogP contribution in [0.2, 0.25) is 0 Å². The summed E-state index contributed by atoms with van der Waals surface area (Å²) in [6.45, 7) is 4.08. The Morgan fingerprint density at radius 3 is 2.44 bits per heavy atom. The Hall–Kier alpha value is -5.00. The Morgan fingerprint density at radius 2 is 1.71 bits per heavy atom. The monoisotopic (exact) mass is 683 g/mol. The number of hydrazone groups is 1. The molecule has 1 heterocycles. The molecule has 5 aromatic rings. The SMILES string of the molecule is CCOc1cc(/C=N/NC(=O)c2ccc(-c3csc(Nc4ccc(C)cc4)n3)cc2)cc(Br)c1OCC(=O)Nc1ccccc1. The van der Waals surface area contributed by atoms with Crippen molar-refractivity contribution < 1.29 is 19.1 Å². The van der Waals surface area contributed by atoms with Crippen molar-refractivity contribution in [2.45, 2.75) is 13.8 Å². The molecule has 5 rings (SSSR count). The molecule has 1 aromatic heterocycles. The highest BCUT2D eigenvalue weighted by Gasteiger charge is 2.14. The summed E-state index contributed by atoms with van der Waals surface area (Å²) in [6.07, 6.45) is 1.50. The van der Waals surface area contributed by atoms with Gasteiger partial charge < -0.3 is 20.1 Å². The van der Waals surface area contributed by atoms with Crippen LogP contribution in [0.1, 0.15) is 28.4 Å². The van der Waals surface area contributed by atoms with E-state index in [1.54, 1.807) is 36.4 Å². The number of carbonyl (C=O) groups excluding carboxylic acids is 2. The molecule has 0 aliphatic carbocycles. The van der Waals surface area contributed by atoms with Crippen LogP contribution in [0.3, 0.4) is 0 Å². The van der Waals surface area contributed by atoms with Crippen LogP contribution in [0.5, 0.6) is 11.5 Å². The van der Waals surface area contributed by atoms with E-state index in [4.69, 9.17) is 9.47 Å². The fourth-order valence-corrected chi connectivity index (χ4v) is 5.48. The van der Waals surface area contributed by atoms with Crippen LogP contribution < -0.4 is 25.5 Å². The lowest BCUT2D eigenvalue weighted by Crippen LogP contribution is -2.20. The summed E-state index contributed by atoms with van der Waals surface area (Å²) in [5.74, 6) is 0.163. The average Bonchev–Trinajstić information content (AvgIpc) is 3.51. The second kappa shape index (κ2) is 15.1. The van der Waals surface area contributed by atoms with E-state index in [1.807, 2.05) is 73.8 Å². The number of hydrogen-bond acceptors (Lipinski definition) is 8. The molecule has 0 atom stereocenters. The highest BCUT2D eigenvalue weighted by atomic mass is 79.9. The molecule has 4 aromatic carbocycles. The summed E-state index contributed by atoms with van der Waals surface area (Å²) in [7, 11) is 0. The normalized spacial score (nSPS) is 10.8. The summed E-state index contributed by atoms with van der Waals surface area (Å²) in [5, 5.41) is 13.0.